The Labute approximate surface area is 125 Å². The van der Waals surface area contributed by atoms with Gasteiger partial charge in [-0.3, -0.25) is 10.9 Å². The molecule has 1 fully saturated rings. The number of ether oxygens (including phenoxy) is 1. The number of benzene rings is 1. The normalized spacial score (nSPS) is 15.7. The van der Waals surface area contributed by atoms with E-state index >= 15 is 0 Å². The van der Waals surface area contributed by atoms with Crippen molar-refractivity contribution in [1.82, 2.24) is 10.7 Å². The Bertz CT molecular complexity index is 435. The summed E-state index contributed by atoms with van der Waals surface area (Å²) in [7, 11) is 0. The highest BCUT2D eigenvalue weighted by molar-refractivity contribution is 7.80. The van der Waals surface area contributed by atoms with Crippen molar-refractivity contribution in [2.75, 3.05) is 44.8 Å². The molecule has 20 heavy (non-hydrogen) atoms. The maximum atomic E-state index is 5.33. The molecule has 6 heteroatoms. The fourth-order valence-corrected chi connectivity index (χ4v) is 2.31. The molecule has 110 valence electrons. The first-order chi connectivity index (χ1) is 9.74. The molecule has 0 unspecified atom stereocenters. The topological polar surface area (TPSA) is 49.8 Å². The molecule has 1 aromatic carbocycles. The van der Waals surface area contributed by atoms with Crippen molar-refractivity contribution < 1.29 is 9.64 Å². The molecule has 0 saturated carbocycles. The molecular formula is C14H23N4OS+. The van der Waals surface area contributed by atoms with E-state index in [0.29, 0.717) is 5.11 Å². The van der Waals surface area contributed by atoms with Gasteiger partial charge in [-0.15, -0.1) is 0 Å². The van der Waals surface area contributed by atoms with Gasteiger partial charge in [0.2, 0.25) is 0 Å². The quantitative estimate of drug-likeness (QED) is 0.444. The Morgan fingerprint density at radius 1 is 1.35 bits per heavy atom. The molecule has 1 aliphatic rings. The third-order valence-corrected chi connectivity index (χ3v) is 3.55. The molecule has 1 heterocycles. The van der Waals surface area contributed by atoms with Crippen LogP contribution in [0.5, 0.6) is 0 Å². The standard InChI is InChI=1S/C14H22N4OS/c1-12-3-2-4-13(11-12)16-17-14(20)15-5-6-18-7-9-19-10-8-18/h2-4,11,16H,5-10H2,1H3,(H2,15,17,20)/p+1. The minimum absolute atomic E-state index is 0.624. The van der Waals surface area contributed by atoms with Gasteiger partial charge in [-0.1, -0.05) is 12.1 Å². The fourth-order valence-electron chi connectivity index (χ4n) is 2.16. The summed E-state index contributed by atoms with van der Waals surface area (Å²) in [6, 6.07) is 8.14. The van der Waals surface area contributed by atoms with Gasteiger partial charge in [0.25, 0.3) is 0 Å². The lowest BCUT2D eigenvalue weighted by Crippen LogP contribution is -3.14. The van der Waals surface area contributed by atoms with E-state index in [1.54, 1.807) is 4.90 Å². The predicted octanol–water partition coefficient (Wildman–Crippen LogP) is -0.299. The van der Waals surface area contributed by atoms with Crippen LogP contribution in [0.15, 0.2) is 24.3 Å². The highest BCUT2D eigenvalue weighted by atomic mass is 32.1. The van der Waals surface area contributed by atoms with Crippen LogP contribution in [-0.4, -0.2) is 44.5 Å². The van der Waals surface area contributed by atoms with Gasteiger partial charge in [-0.2, -0.15) is 0 Å². The molecule has 0 spiro atoms. The van der Waals surface area contributed by atoms with E-state index in [2.05, 4.69) is 35.2 Å². The Balaban J connectivity index is 1.60. The Hall–Kier alpha value is -1.37. The number of quaternary nitrogens is 1. The van der Waals surface area contributed by atoms with E-state index < -0.39 is 0 Å². The van der Waals surface area contributed by atoms with Crippen LogP contribution >= 0.6 is 12.2 Å². The fraction of sp³-hybridized carbons (Fsp3) is 0.500. The number of anilines is 1. The van der Waals surface area contributed by atoms with Gasteiger partial charge >= 0.3 is 0 Å². The Morgan fingerprint density at radius 3 is 2.90 bits per heavy atom. The van der Waals surface area contributed by atoms with Crippen LogP contribution in [0, 0.1) is 6.92 Å². The number of thiocarbonyl (C=S) groups is 1. The molecule has 0 atom stereocenters. The molecule has 1 aliphatic heterocycles. The van der Waals surface area contributed by atoms with Gasteiger partial charge < -0.3 is 15.0 Å². The molecule has 0 aliphatic carbocycles. The summed E-state index contributed by atoms with van der Waals surface area (Å²) < 4.78 is 5.33. The van der Waals surface area contributed by atoms with Crippen LogP contribution in [0.3, 0.4) is 0 Å². The zero-order valence-electron chi connectivity index (χ0n) is 11.9. The molecule has 0 radical (unpaired) electrons. The number of morpholine rings is 1. The van der Waals surface area contributed by atoms with Crippen LogP contribution in [-0.2, 0) is 4.74 Å². The third-order valence-electron chi connectivity index (χ3n) is 3.30. The summed E-state index contributed by atoms with van der Waals surface area (Å²) in [6.07, 6.45) is 0. The van der Waals surface area contributed by atoms with Crippen LogP contribution < -0.4 is 21.1 Å². The molecular weight excluding hydrogens is 272 g/mol. The average molecular weight is 295 g/mol. The van der Waals surface area contributed by atoms with Crippen molar-refractivity contribution in [2.45, 2.75) is 6.92 Å². The SMILES string of the molecule is Cc1cccc(NNC(=S)NCC[NH+]2CCOCC2)c1. The average Bonchev–Trinajstić information content (AvgIpc) is 2.46. The lowest BCUT2D eigenvalue weighted by Gasteiger charge is -2.24. The minimum Gasteiger partial charge on any atom is -0.370 e. The first kappa shape index (κ1) is 15.0. The summed E-state index contributed by atoms with van der Waals surface area (Å²) in [6.45, 7) is 7.91. The second kappa shape index (κ2) is 8.04. The van der Waals surface area contributed by atoms with E-state index in [-0.39, 0.29) is 0 Å². The third kappa shape index (κ3) is 5.32. The summed E-state index contributed by atoms with van der Waals surface area (Å²) in [5, 5.41) is 3.84. The molecule has 4 N–H and O–H groups in total. The second-order valence-corrected chi connectivity index (χ2v) is 5.40. The van der Waals surface area contributed by atoms with Gasteiger partial charge in [0.1, 0.15) is 13.1 Å². The summed E-state index contributed by atoms with van der Waals surface area (Å²) >= 11 is 5.23. The summed E-state index contributed by atoms with van der Waals surface area (Å²) in [5.41, 5.74) is 8.32. The zero-order valence-corrected chi connectivity index (χ0v) is 12.7. The van der Waals surface area contributed by atoms with Crippen molar-refractivity contribution in [2.24, 2.45) is 0 Å². The zero-order chi connectivity index (χ0) is 14.2. The number of hydrogen-bond donors (Lipinski definition) is 4. The van der Waals surface area contributed by atoms with Crippen molar-refractivity contribution in [3.8, 4) is 0 Å². The molecule has 1 aromatic rings. The van der Waals surface area contributed by atoms with Crippen molar-refractivity contribution in [1.29, 1.82) is 0 Å². The van der Waals surface area contributed by atoms with Crippen molar-refractivity contribution in [3.05, 3.63) is 29.8 Å². The highest BCUT2D eigenvalue weighted by Gasteiger charge is 2.12. The molecule has 5 nitrogen and oxygen atoms in total. The number of hydrazine groups is 1. The van der Waals surface area contributed by atoms with Crippen molar-refractivity contribution >= 4 is 23.0 Å². The van der Waals surface area contributed by atoms with Crippen LogP contribution in [0.2, 0.25) is 0 Å². The van der Waals surface area contributed by atoms with Gasteiger partial charge in [0, 0.05) is 0 Å². The Kier molecular flexibility index (Phi) is 6.04. The number of nitrogens with one attached hydrogen (secondary N) is 4. The van der Waals surface area contributed by atoms with Crippen LogP contribution in [0.4, 0.5) is 5.69 Å². The molecule has 0 bridgehead atoms. The molecule has 2 rings (SSSR count). The lowest BCUT2D eigenvalue weighted by molar-refractivity contribution is -0.906. The smallest absolute Gasteiger partial charge is 0.185 e. The summed E-state index contributed by atoms with van der Waals surface area (Å²) in [4.78, 5) is 1.57. The Morgan fingerprint density at radius 2 is 2.15 bits per heavy atom. The van der Waals surface area contributed by atoms with Crippen LogP contribution in [0.1, 0.15) is 5.56 Å². The maximum absolute atomic E-state index is 5.33. The molecule has 0 amide bonds. The van der Waals surface area contributed by atoms with E-state index in [4.69, 9.17) is 17.0 Å². The number of rotatable bonds is 5. The number of aryl methyl sites for hydroxylation is 1. The highest BCUT2D eigenvalue weighted by Crippen LogP contribution is 2.07. The van der Waals surface area contributed by atoms with E-state index in [9.17, 15) is 0 Å². The van der Waals surface area contributed by atoms with Gasteiger partial charge in [-0.25, -0.2) is 0 Å². The minimum atomic E-state index is 0.624. The predicted molar refractivity (Wildman–Crippen MR) is 84.9 cm³/mol. The van der Waals surface area contributed by atoms with Crippen molar-refractivity contribution in [3.63, 3.8) is 0 Å². The van der Waals surface area contributed by atoms with Gasteiger partial charge in [0.15, 0.2) is 5.11 Å². The maximum Gasteiger partial charge on any atom is 0.185 e. The van der Waals surface area contributed by atoms with Gasteiger partial charge in [0.05, 0.1) is 32.0 Å². The van der Waals surface area contributed by atoms with Crippen LogP contribution in [0.25, 0.3) is 0 Å². The molecule has 1 saturated heterocycles. The van der Waals surface area contributed by atoms with E-state index in [1.165, 1.54) is 5.56 Å². The second-order valence-electron chi connectivity index (χ2n) is 4.99. The first-order valence-electron chi connectivity index (χ1n) is 7.02. The number of hydrogen-bond acceptors (Lipinski definition) is 3. The first-order valence-corrected chi connectivity index (χ1v) is 7.43. The van der Waals surface area contributed by atoms with Gasteiger partial charge in [-0.05, 0) is 36.8 Å². The summed E-state index contributed by atoms with van der Waals surface area (Å²) in [5.74, 6) is 0. The lowest BCUT2D eigenvalue weighted by atomic mass is 10.2. The largest absolute Gasteiger partial charge is 0.370 e. The van der Waals surface area contributed by atoms with E-state index in [0.717, 1.165) is 45.1 Å². The molecule has 0 aromatic heterocycles. The van der Waals surface area contributed by atoms with E-state index in [1.807, 2.05) is 12.1 Å². The monoisotopic (exact) mass is 295 g/mol.